The maximum absolute atomic E-state index is 9.19. The molecule has 1 rings (SSSR count). The Morgan fingerprint density at radius 3 is 2.62 bits per heavy atom. The first-order valence-corrected chi connectivity index (χ1v) is 4.50. The molecule has 0 radical (unpaired) electrons. The third-order valence-corrected chi connectivity index (χ3v) is 2.31. The molecule has 1 aromatic heterocycles. The quantitative estimate of drug-likeness (QED) is 0.710. The third-order valence-electron chi connectivity index (χ3n) is 2.31. The SMILES string of the molecule is CC(C)C(N)C(CO)n1ccnc1. The Morgan fingerprint density at radius 2 is 2.23 bits per heavy atom. The van der Waals surface area contributed by atoms with Gasteiger partial charge in [-0.3, -0.25) is 0 Å². The first kappa shape index (κ1) is 10.2. The van der Waals surface area contributed by atoms with Gasteiger partial charge in [-0.25, -0.2) is 4.98 Å². The van der Waals surface area contributed by atoms with E-state index in [1.54, 1.807) is 12.5 Å². The number of aliphatic hydroxyl groups is 1. The molecule has 0 saturated heterocycles. The molecule has 4 nitrogen and oxygen atoms in total. The topological polar surface area (TPSA) is 64.1 Å². The zero-order valence-corrected chi connectivity index (χ0v) is 8.09. The van der Waals surface area contributed by atoms with E-state index in [9.17, 15) is 5.11 Å². The van der Waals surface area contributed by atoms with Crippen LogP contribution in [0.3, 0.4) is 0 Å². The van der Waals surface area contributed by atoms with E-state index in [0.29, 0.717) is 5.92 Å². The second kappa shape index (κ2) is 4.39. The highest BCUT2D eigenvalue weighted by atomic mass is 16.3. The van der Waals surface area contributed by atoms with E-state index < -0.39 is 0 Å². The van der Waals surface area contributed by atoms with Crippen molar-refractivity contribution in [3.05, 3.63) is 18.7 Å². The fourth-order valence-corrected chi connectivity index (χ4v) is 1.32. The molecule has 13 heavy (non-hydrogen) atoms. The minimum atomic E-state index is -0.0671. The molecule has 0 bridgehead atoms. The number of imidazole rings is 1. The molecular formula is C9H17N3O. The van der Waals surface area contributed by atoms with Gasteiger partial charge in [0.15, 0.2) is 0 Å². The van der Waals surface area contributed by atoms with E-state index in [2.05, 4.69) is 4.98 Å². The van der Waals surface area contributed by atoms with Crippen LogP contribution in [0.15, 0.2) is 18.7 Å². The van der Waals surface area contributed by atoms with E-state index in [1.807, 2.05) is 24.6 Å². The van der Waals surface area contributed by atoms with Crippen LogP contribution in [0, 0.1) is 5.92 Å². The molecule has 0 aliphatic rings. The summed E-state index contributed by atoms with van der Waals surface area (Å²) >= 11 is 0. The lowest BCUT2D eigenvalue weighted by Crippen LogP contribution is -2.38. The van der Waals surface area contributed by atoms with Gasteiger partial charge in [-0.05, 0) is 5.92 Å². The van der Waals surface area contributed by atoms with Crippen LogP contribution in [-0.4, -0.2) is 27.3 Å². The highest BCUT2D eigenvalue weighted by Crippen LogP contribution is 2.15. The Morgan fingerprint density at radius 1 is 1.54 bits per heavy atom. The molecule has 0 amide bonds. The Hall–Kier alpha value is -0.870. The predicted molar refractivity (Wildman–Crippen MR) is 51.2 cm³/mol. The lowest BCUT2D eigenvalue weighted by molar-refractivity contribution is 0.189. The van der Waals surface area contributed by atoms with Crippen LogP contribution in [0.2, 0.25) is 0 Å². The van der Waals surface area contributed by atoms with Crippen molar-refractivity contribution in [1.29, 1.82) is 0 Å². The second-order valence-corrected chi connectivity index (χ2v) is 3.58. The van der Waals surface area contributed by atoms with Crippen LogP contribution in [-0.2, 0) is 0 Å². The molecule has 2 atom stereocenters. The van der Waals surface area contributed by atoms with Gasteiger partial charge in [-0.1, -0.05) is 13.8 Å². The van der Waals surface area contributed by atoms with Crippen LogP contribution < -0.4 is 5.73 Å². The first-order valence-electron chi connectivity index (χ1n) is 4.50. The predicted octanol–water partition coefficient (Wildman–Crippen LogP) is 0.400. The normalized spacial score (nSPS) is 16.1. The molecule has 0 aliphatic heterocycles. The van der Waals surface area contributed by atoms with Crippen molar-refractivity contribution in [2.75, 3.05) is 6.61 Å². The van der Waals surface area contributed by atoms with Gasteiger partial charge in [0.25, 0.3) is 0 Å². The number of rotatable bonds is 4. The fourth-order valence-electron chi connectivity index (χ4n) is 1.32. The smallest absolute Gasteiger partial charge is 0.0949 e. The average molecular weight is 183 g/mol. The summed E-state index contributed by atoms with van der Waals surface area (Å²) in [4.78, 5) is 3.93. The van der Waals surface area contributed by atoms with Crippen LogP contribution in [0.5, 0.6) is 0 Å². The molecule has 74 valence electrons. The molecule has 2 unspecified atom stereocenters. The van der Waals surface area contributed by atoms with E-state index >= 15 is 0 Å². The van der Waals surface area contributed by atoms with Gasteiger partial charge in [0, 0.05) is 18.4 Å². The number of aliphatic hydroxyl groups excluding tert-OH is 1. The molecule has 0 fully saturated rings. The van der Waals surface area contributed by atoms with Gasteiger partial charge in [-0.2, -0.15) is 0 Å². The second-order valence-electron chi connectivity index (χ2n) is 3.58. The van der Waals surface area contributed by atoms with Crippen molar-refractivity contribution in [2.24, 2.45) is 11.7 Å². The van der Waals surface area contributed by atoms with Gasteiger partial charge in [0.2, 0.25) is 0 Å². The van der Waals surface area contributed by atoms with Gasteiger partial charge in [0.05, 0.1) is 19.0 Å². The number of nitrogens with two attached hydrogens (primary N) is 1. The van der Waals surface area contributed by atoms with Gasteiger partial charge in [-0.15, -0.1) is 0 Å². The highest BCUT2D eigenvalue weighted by molar-refractivity contribution is 4.86. The van der Waals surface area contributed by atoms with Gasteiger partial charge in [0.1, 0.15) is 0 Å². The van der Waals surface area contributed by atoms with Crippen LogP contribution in [0.25, 0.3) is 0 Å². The van der Waals surface area contributed by atoms with Gasteiger partial charge < -0.3 is 15.4 Å². The summed E-state index contributed by atoms with van der Waals surface area (Å²) in [5, 5.41) is 9.19. The lowest BCUT2D eigenvalue weighted by atomic mass is 9.98. The Bertz CT molecular complexity index is 233. The average Bonchev–Trinajstić information content (AvgIpc) is 2.58. The molecule has 0 aliphatic carbocycles. The van der Waals surface area contributed by atoms with E-state index in [0.717, 1.165) is 0 Å². The standard InChI is InChI=1S/C9H17N3O/c1-7(2)9(10)8(5-13)12-4-3-11-6-12/h3-4,6-9,13H,5,10H2,1-2H3. The van der Waals surface area contributed by atoms with E-state index in [-0.39, 0.29) is 18.7 Å². The molecular weight excluding hydrogens is 166 g/mol. The summed E-state index contributed by atoms with van der Waals surface area (Å²) in [6.45, 7) is 4.14. The highest BCUT2D eigenvalue weighted by Gasteiger charge is 2.20. The van der Waals surface area contributed by atoms with Crippen molar-refractivity contribution < 1.29 is 5.11 Å². The fraction of sp³-hybridized carbons (Fsp3) is 0.667. The Labute approximate surface area is 78.4 Å². The molecule has 0 aromatic carbocycles. The Kier molecular flexibility index (Phi) is 3.45. The number of hydrogen-bond acceptors (Lipinski definition) is 3. The van der Waals surface area contributed by atoms with Crippen LogP contribution >= 0.6 is 0 Å². The number of aromatic nitrogens is 2. The maximum Gasteiger partial charge on any atom is 0.0949 e. The van der Waals surface area contributed by atoms with Crippen molar-refractivity contribution >= 4 is 0 Å². The Balaban J connectivity index is 2.74. The molecule has 0 saturated carbocycles. The maximum atomic E-state index is 9.19. The lowest BCUT2D eigenvalue weighted by Gasteiger charge is -2.26. The molecule has 1 aromatic rings. The number of hydrogen-bond donors (Lipinski definition) is 2. The van der Waals surface area contributed by atoms with Crippen molar-refractivity contribution in [3.63, 3.8) is 0 Å². The zero-order chi connectivity index (χ0) is 9.84. The zero-order valence-electron chi connectivity index (χ0n) is 8.09. The summed E-state index contributed by atoms with van der Waals surface area (Å²) in [5.41, 5.74) is 5.95. The van der Waals surface area contributed by atoms with Gasteiger partial charge >= 0.3 is 0 Å². The summed E-state index contributed by atoms with van der Waals surface area (Å²) in [5.74, 6) is 0.347. The number of nitrogens with zero attached hydrogens (tertiary/aromatic N) is 2. The summed E-state index contributed by atoms with van der Waals surface area (Å²) in [6, 6.07) is -0.110. The molecule has 3 N–H and O–H groups in total. The summed E-state index contributed by atoms with van der Waals surface area (Å²) < 4.78 is 1.85. The van der Waals surface area contributed by atoms with E-state index in [4.69, 9.17) is 5.73 Å². The first-order chi connectivity index (χ1) is 6.16. The van der Waals surface area contributed by atoms with Crippen LogP contribution in [0.1, 0.15) is 19.9 Å². The minimum Gasteiger partial charge on any atom is -0.394 e. The summed E-state index contributed by atoms with van der Waals surface area (Å²) in [6.07, 6.45) is 5.20. The third kappa shape index (κ3) is 2.29. The van der Waals surface area contributed by atoms with Crippen molar-refractivity contribution in [1.82, 2.24) is 9.55 Å². The van der Waals surface area contributed by atoms with Crippen LogP contribution in [0.4, 0.5) is 0 Å². The molecule has 4 heteroatoms. The monoisotopic (exact) mass is 183 g/mol. The minimum absolute atomic E-state index is 0.0424. The largest absolute Gasteiger partial charge is 0.394 e. The van der Waals surface area contributed by atoms with Crippen molar-refractivity contribution in [2.45, 2.75) is 25.9 Å². The summed E-state index contributed by atoms with van der Waals surface area (Å²) in [7, 11) is 0. The van der Waals surface area contributed by atoms with E-state index in [1.165, 1.54) is 0 Å². The van der Waals surface area contributed by atoms with Crippen molar-refractivity contribution in [3.8, 4) is 0 Å². The molecule has 0 spiro atoms. The molecule has 1 heterocycles.